The molecule has 3 aromatic carbocycles. The molecule has 7 nitrogen and oxygen atoms in total. The Balaban J connectivity index is 1.54. The van der Waals surface area contributed by atoms with Gasteiger partial charge >= 0.3 is 0 Å². The topological polar surface area (TPSA) is 107 Å². The average Bonchev–Trinajstić information content (AvgIpc) is 3.45. The quantitative estimate of drug-likeness (QED) is 0.196. The smallest absolute Gasteiger partial charge is 0.253 e. The monoisotopic (exact) mass is 582 g/mol. The molecule has 0 bridgehead atoms. The lowest BCUT2D eigenvalue weighted by Crippen LogP contribution is -2.46. The van der Waals surface area contributed by atoms with Gasteiger partial charge in [-0.15, -0.1) is 0 Å². The van der Waals surface area contributed by atoms with Crippen LogP contribution < -0.4 is 16.0 Å². The summed E-state index contributed by atoms with van der Waals surface area (Å²) in [6.07, 6.45) is -0.00801. The summed E-state index contributed by atoms with van der Waals surface area (Å²) in [6.45, 7) is 8.61. The zero-order valence-electron chi connectivity index (χ0n) is 24.5. The standard InChI is InChI=1S/C34H35ClN4O3/c1-22-6-11-25(12-7-22)33(2,3)38-21-27-15-17-30(42-27)24-10-16-29(35)28(18-24)32(41)39-34(4,19-31(40)37-5)26-13-8-23(20-36)9-14-26/h6-18,38H,19,21H2,1-5H3,(H,37,40)(H,39,41)/t34-/m1/s1. The molecule has 0 unspecified atom stereocenters. The normalized spacial score (nSPS) is 12.7. The Morgan fingerprint density at radius 2 is 1.60 bits per heavy atom. The summed E-state index contributed by atoms with van der Waals surface area (Å²) in [5, 5.41) is 18.6. The van der Waals surface area contributed by atoms with E-state index in [0.29, 0.717) is 29.0 Å². The van der Waals surface area contributed by atoms with Crippen molar-refractivity contribution in [2.45, 2.75) is 51.7 Å². The lowest BCUT2D eigenvalue weighted by Gasteiger charge is -2.31. The number of carbonyl (C=O) groups is 2. The molecule has 0 aliphatic rings. The van der Waals surface area contributed by atoms with Gasteiger partial charge in [-0.05, 0) is 81.3 Å². The predicted molar refractivity (Wildman–Crippen MR) is 165 cm³/mol. The van der Waals surface area contributed by atoms with E-state index in [-0.39, 0.29) is 28.5 Å². The van der Waals surface area contributed by atoms with Gasteiger partial charge in [-0.2, -0.15) is 5.26 Å². The van der Waals surface area contributed by atoms with Crippen LogP contribution in [0.5, 0.6) is 0 Å². The summed E-state index contributed by atoms with van der Waals surface area (Å²) in [5.41, 5.74) is 3.19. The number of hydrogen-bond acceptors (Lipinski definition) is 5. The highest BCUT2D eigenvalue weighted by atomic mass is 35.5. The Kier molecular flexibility index (Phi) is 9.20. The minimum Gasteiger partial charge on any atom is -0.460 e. The van der Waals surface area contributed by atoms with Crippen LogP contribution in [0.15, 0.2) is 83.3 Å². The van der Waals surface area contributed by atoms with E-state index < -0.39 is 11.4 Å². The number of nitrogens with one attached hydrogen (secondary N) is 3. The maximum Gasteiger partial charge on any atom is 0.253 e. The van der Waals surface area contributed by atoms with E-state index >= 15 is 0 Å². The molecule has 0 aliphatic heterocycles. The van der Waals surface area contributed by atoms with E-state index in [1.54, 1.807) is 56.4 Å². The van der Waals surface area contributed by atoms with Crippen LogP contribution in [0.1, 0.15) is 65.6 Å². The van der Waals surface area contributed by atoms with Crippen molar-refractivity contribution in [2.24, 2.45) is 0 Å². The summed E-state index contributed by atoms with van der Waals surface area (Å²) in [7, 11) is 1.54. The van der Waals surface area contributed by atoms with Crippen molar-refractivity contribution in [3.8, 4) is 17.4 Å². The molecular formula is C34H35ClN4O3. The zero-order valence-corrected chi connectivity index (χ0v) is 25.2. The first-order chi connectivity index (χ1) is 19.9. The van der Waals surface area contributed by atoms with Gasteiger partial charge in [0.05, 0.1) is 40.7 Å². The average molecular weight is 583 g/mol. The molecule has 0 saturated carbocycles. The van der Waals surface area contributed by atoms with E-state index in [0.717, 1.165) is 5.76 Å². The number of nitrogens with zero attached hydrogens (tertiary/aromatic N) is 1. The van der Waals surface area contributed by atoms with Gasteiger partial charge in [-0.25, -0.2) is 0 Å². The van der Waals surface area contributed by atoms with Gasteiger partial charge < -0.3 is 20.4 Å². The number of amides is 2. The fourth-order valence-corrected chi connectivity index (χ4v) is 4.92. The van der Waals surface area contributed by atoms with Crippen molar-refractivity contribution in [1.29, 1.82) is 5.26 Å². The highest BCUT2D eigenvalue weighted by molar-refractivity contribution is 6.34. The van der Waals surface area contributed by atoms with Crippen LogP contribution in [0.2, 0.25) is 5.02 Å². The first kappa shape index (κ1) is 30.6. The van der Waals surface area contributed by atoms with Gasteiger partial charge in [-0.3, -0.25) is 9.59 Å². The van der Waals surface area contributed by atoms with Crippen molar-refractivity contribution in [3.05, 3.63) is 117 Å². The summed E-state index contributed by atoms with van der Waals surface area (Å²) < 4.78 is 6.14. The molecular weight excluding hydrogens is 548 g/mol. The fraction of sp³-hybridized carbons (Fsp3) is 0.265. The van der Waals surface area contributed by atoms with Crippen LogP contribution in [0.4, 0.5) is 0 Å². The molecule has 4 aromatic rings. The summed E-state index contributed by atoms with van der Waals surface area (Å²) in [6, 6.07) is 26.2. The van der Waals surface area contributed by atoms with Crippen molar-refractivity contribution in [1.82, 2.24) is 16.0 Å². The van der Waals surface area contributed by atoms with Crippen LogP contribution in [0, 0.1) is 18.3 Å². The summed E-state index contributed by atoms with van der Waals surface area (Å²) in [4.78, 5) is 26.0. The fourth-order valence-electron chi connectivity index (χ4n) is 4.72. The van der Waals surface area contributed by atoms with Crippen molar-refractivity contribution >= 4 is 23.4 Å². The highest BCUT2D eigenvalue weighted by Crippen LogP contribution is 2.30. The molecule has 0 aliphatic carbocycles. The first-order valence-electron chi connectivity index (χ1n) is 13.7. The number of benzene rings is 3. The SMILES string of the molecule is CNC(=O)C[C@@](C)(NC(=O)c1cc(-c2ccc(CNC(C)(C)c3ccc(C)cc3)o2)ccc1Cl)c1ccc(C#N)cc1. The van der Waals surface area contributed by atoms with Crippen molar-refractivity contribution in [2.75, 3.05) is 7.05 Å². The molecule has 42 heavy (non-hydrogen) atoms. The lowest BCUT2D eigenvalue weighted by molar-refractivity contribution is -0.121. The zero-order chi connectivity index (χ0) is 30.5. The van der Waals surface area contributed by atoms with E-state index in [9.17, 15) is 14.9 Å². The minimum atomic E-state index is -1.06. The second-order valence-electron chi connectivity index (χ2n) is 11.1. The number of halogens is 1. The molecule has 1 atom stereocenters. The Hall–Kier alpha value is -4.38. The molecule has 0 radical (unpaired) electrons. The largest absolute Gasteiger partial charge is 0.460 e. The Bertz CT molecular complexity index is 1620. The summed E-state index contributed by atoms with van der Waals surface area (Å²) in [5.74, 6) is 0.672. The van der Waals surface area contributed by atoms with Crippen LogP contribution in [0.3, 0.4) is 0 Å². The van der Waals surface area contributed by atoms with Gasteiger partial charge in [0.2, 0.25) is 5.91 Å². The van der Waals surface area contributed by atoms with E-state index in [1.165, 1.54) is 11.1 Å². The first-order valence-corrected chi connectivity index (χ1v) is 14.1. The van der Waals surface area contributed by atoms with Crippen LogP contribution in [-0.2, 0) is 22.4 Å². The third-order valence-corrected chi connectivity index (χ3v) is 7.80. The lowest BCUT2D eigenvalue weighted by atomic mass is 9.87. The Labute approximate surface area is 251 Å². The molecule has 1 heterocycles. The highest BCUT2D eigenvalue weighted by Gasteiger charge is 2.32. The molecule has 2 amide bonds. The number of hydrogen-bond donors (Lipinski definition) is 3. The number of furan rings is 1. The van der Waals surface area contributed by atoms with E-state index in [2.05, 4.69) is 67.1 Å². The van der Waals surface area contributed by atoms with Gasteiger partial charge in [0, 0.05) is 18.2 Å². The second-order valence-corrected chi connectivity index (χ2v) is 11.5. The number of rotatable bonds is 10. The molecule has 8 heteroatoms. The van der Waals surface area contributed by atoms with Crippen LogP contribution >= 0.6 is 11.6 Å². The maximum absolute atomic E-state index is 13.6. The molecule has 3 N–H and O–H groups in total. The van der Waals surface area contributed by atoms with Gasteiger partial charge in [0.1, 0.15) is 11.5 Å². The van der Waals surface area contributed by atoms with Gasteiger partial charge in [0.25, 0.3) is 5.91 Å². The maximum atomic E-state index is 13.6. The molecule has 0 spiro atoms. The molecule has 0 fully saturated rings. The third-order valence-electron chi connectivity index (χ3n) is 7.47. The van der Waals surface area contributed by atoms with Crippen LogP contribution in [0.25, 0.3) is 11.3 Å². The predicted octanol–water partition coefficient (Wildman–Crippen LogP) is 6.59. The number of nitriles is 1. The summed E-state index contributed by atoms with van der Waals surface area (Å²) >= 11 is 6.48. The van der Waals surface area contributed by atoms with E-state index in [4.69, 9.17) is 16.0 Å². The number of carbonyl (C=O) groups excluding carboxylic acids is 2. The third kappa shape index (κ3) is 7.09. The Morgan fingerprint density at radius 3 is 2.24 bits per heavy atom. The van der Waals surface area contributed by atoms with Crippen molar-refractivity contribution in [3.63, 3.8) is 0 Å². The molecule has 4 rings (SSSR count). The van der Waals surface area contributed by atoms with Gasteiger partial charge in [0.15, 0.2) is 0 Å². The molecule has 216 valence electrons. The van der Waals surface area contributed by atoms with Crippen molar-refractivity contribution < 1.29 is 14.0 Å². The Morgan fingerprint density at radius 1 is 0.929 bits per heavy atom. The molecule has 0 saturated heterocycles. The number of aryl methyl sites for hydroxylation is 1. The second kappa shape index (κ2) is 12.6. The molecule has 1 aromatic heterocycles. The minimum absolute atomic E-state index is 0.00801. The van der Waals surface area contributed by atoms with Gasteiger partial charge in [-0.1, -0.05) is 53.6 Å². The van der Waals surface area contributed by atoms with Crippen LogP contribution in [-0.4, -0.2) is 18.9 Å². The van der Waals surface area contributed by atoms with E-state index in [1.807, 2.05) is 12.1 Å².